The van der Waals surface area contributed by atoms with E-state index < -0.39 is 17.2 Å². The number of carbonyl (C=O) groups is 1. The van der Waals surface area contributed by atoms with Gasteiger partial charge in [0.15, 0.2) is 0 Å². The lowest BCUT2D eigenvalue weighted by Crippen LogP contribution is -2.36. The molecule has 0 aromatic heterocycles. The number of aliphatic hydroxyl groups excluding tert-OH is 1. The van der Waals surface area contributed by atoms with Gasteiger partial charge in [-0.05, 0) is 24.5 Å². The second-order valence-electron chi connectivity index (χ2n) is 4.64. The van der Waals surface area contributed by atoms with Crippen molar-refractivity contribution in [1.29, 1.82) is 0 Å². The summed E-state index contributed by atoms with van der Waals surface area (Å²) in [6, 6.07) is 4.88. The van der Waals surface area contributed by atoms with E-state index in [-0.39, 0.29) is 19.1 Å². The Hall–Kier alpha value is -1.56. The minimum absolute atomic E-state index is 0.111. The molecule has 3 nitrogen and oxygen atoms in total. The zero-order chi connectivity index (χ0) is 14.1. The molecule has 1 aromatic rings. The molecule has 19 heavy (non-hydrogen) atoms. The Bertz CT molecular complexity index is 481. The van der Waals surface area contributed by atoms with Crippen LogP contribution in [0.2, 0.25) is 0 Å². The Morgan fingerprint density at radius 1 is 1.37 bits per heavy atom. The lowest BCUT2D eigenvalue weighted by atomic mass is 9.93. The van der Waals surface area contributed by atoms with Crippen LogP contribution in [0.3, 0.4) is 0 Å². The summed E-state index contributed by atoms with van der Waals surface area (Å²) in [4.78, 5) is 11.9. The first-order valence-corrected chi connectivity index (χ1v) is 5.97. The predicted molar refractivity (Wildman–Crippen MR) is 62.5 cm³/mol. The van der Waals surface area contributed by atoms with Gasteiger partial charge in [0.25, 0.3) is 0 Å². The third-order valence-corrected chi connectivity index (χ3v) is 3.32. The third-order valence-electron chi connectivity index (χ3n) is 3.32. The number of aliphatic hydroxyl groups is 1. The van der Waals surface area contributed by atoms with E-state index in [0.717, 1.165) is 12.1 Å². The molecule has 0 unspecified atom stereocenters. The number of rotatable bonds is 4. The molecule has 0 atom stereocenters. The lowest BCUT2D eigenvalue weighted by Gasteiger charge is -2.17. The van der Waals surface area contributed by atoms with E-state index in [9.17, 15) is 18.0 Å². The number of benzene rings is 1. The summed E-state index contributed by atoms with van der Waals surface area (Å²) in [6.07, 6.45) is -3.34. The Morgan fingerprint density at radius 3 is 2.58 bits per heavy atom. The summed E-state index contributed by atoms with van der Waals surface area (Å²) >= 11 is 0. The molecule has 6 heteroatoms. The fourth-order valence-electron chi connectivity index (χ4n) is 2.10. The monoisotopic (exact) mass is 273 g/mol. The van der Waals surface area contributed by atoms with Crippen molar-refractivity contribution in [3.8, 4) is 0 Å². The maximum absolute atomic E-state index is 12.6. The molecule has 0 spiro atoms. The van der Waals surface area contributed by atoms with E-state index >= 15 is 0 Å². The molecule has 2 N–H and O–H groups in total. The largest absolute Gasteiger partial charge is 0.416 e. The first-order valence-electron chi connectivity index (χ1n) is 5.97. The molecule has 0 saturated heterocycles. The average molecular weight is 273 g/mol. The van der Waals surface area contributed by atoms with E-state index in [1.807, 2.05) is 0 Å². The molecule has 0 aliphatic heterocycles. The summed E-state index contributed by atoms with van der Waals surface area (Å²) in [5.41, 5.74) is -1.21. The molecule has 1 aliphatic rings. The average Bonchev–Trinajstić information content (AvgIpc) is 3.16. The molecule has 1 fully saturated rings. The van der Waals surface area contributed by atoms with E-state index in [1.54, 1.807) is 6.07 Å². The van der Waals surface area contributed by atoms with Crippen LogP contribution in [0.4, 0.5) is 13.2 Å². The van der Waals surface area contributed by atoms with E-state index in [2.05, 4.69) is 5.32 Å². The second kappa shape index (κ2) is 4.85. The quantitative estimate of drug-likeness (QED) is 0.879. The van der Waals surface area contributed by atoms with Crippen molar-refractivity contribution in [2.45, 2.75) is 24.4 Å². The standard InChI is InChI=1S/C13H14F3NO2/c14-13(15,16)10-3-1-2-9(8-10)12(4-5-12)11(19)17-6-7-18/h1-3,8,18H,4-7H2,(H,17,19). The molecule has 0 bridgehead atoms. The van der Waals surface area contributed by atoms with Gasteiger partial charge in [-0.3, -0.25) is 4.79 Å². The van der Waals surface area contributed by atoms with Crippen molar-refractivity contribution in [2.24, 2.45) is 0 Å². The number of nitrogens with one attached hydrogen (secondary N) is 1. The molecule has 2 rings (SSSR count). The number of hydrogen-bond donors (Lipinski definition) is 2. The minimum atomic E-state index is -4.41. The van der Waals surface area contributed by atoms with Crippen LogP contribution >= 0.6 is 0 Å². The van der Waals surface area contributed by atoms with Crippen LogP contribution < -0.4 is 5.32 Å². The van der Waals surface area contributed by atoms with Crippen molar-refractivity contribution in [2.75, 3.05) is 13.2 Å². The van der Waals surface area contributed by atoms with Gasteiger partial charge >= 0.3 is 6.18 Å². The molecular weight excluding hydrogens is 259 g/mol. The topological polar surface area (TPSA) is 49.3 Å². The lowest BCUT2D eigenvalue weighted by molar-refractivity contribution is -0.137. The van der Waals surface area contributed by atoms with Crippen LogP contribution in [-0.4, -0.2) is 24.2 Å². The first kappa shape index (κ1) is 13.9. The highest BCUT2D eigenvalue weighted by Gasteiger charge is 2.51. The van der Waals surface area contributed by atoms with Gasteiger partial charge in [0.1, 0.15) is 0 Å². The van der Waals surface area contributed by atoms with Crippen LogP contribution in [0.25, 0.3) is 0 Å². The molecule has 1 aliphatic carbocycles. The predicted octanol–water partition coefficient (Wildman–Crippen LogP) is 1.85. The Kier molecular flexibility index (Phi) is 3.54. The highest BCUT2D eigenvalue weighted by atomic mass is 19.4. The van der Waals surface area contributed by atoms with Gasteiger partial charge in [0.2, 0.25) is 5.91 Å². The van der Waals surface area contributed by atoms with Gasteiger partial charge in [-0.2, -0.15) is 13.2 Å². The zero-order valence-electron chi connectivity index (χ0n) is 10.1. The number of carbonyl (C=O) groups excluding carboxylic acids is 1. The zero-order valence-corrected chi connectivity index (χ0v) is 10.1. The van der Waals surface area contributed by atoms with Gasteiger partial charge in [0, 0.05) is 6.54 Å². The Balaban J connectivity index is 2.24. The Labute approximate surface area is 108 Å². The fourth-order valence-corrected chi connectivity index (χ4v) is 2.10. The summed E-state index contributed by atoms with van der Waals surface area (Å²) < 4.78 is 37.9. The van der Waals surface area contributed by atoms with Crippen molar-refractivity contribution in [1.82, 2.24) is 5.32 Å². The number of amides is 1. The van der Waals surface area contributed by atoms with Crippen LogP contribution in [0.5, 0.6) is 0 Å². The molecule has 0 heterocycles. The van der Waals surface area contributed by atoms with Gasteiger partial charge in [0.05, 0.1) is 17.6 Å². The SMILES string of the molecule is O=C(NCCO)C1(c2cccc(C(F)(F)F)c2)CC1. The molecular formula is C13H14F3NO2. The van der Waals surface area contributed by atoms with Crippen molar-refractivity contribution in [3.63, 3.8) is 0 Å². The van der Waals surface area contributed by atoms with Gasteiger partial charge in [-0.25, -0.2) is 0 Å². The van der Waals surface area contributed by atoms with Crippen molar-refractivity contribution >= 4 is 5.91 Å². The van der Waals surface area contributed by atoms with Crippen molar-refractivity contribution < 1.29 is 23.1 Å². The van der Waals surface area contributed by atoms with Crippen LogP contribution in [0.15, 0.2) is 24.3 Å². The van der Waals surface area contributed by atoms with E-state index in [4.69, 9.17) is 5.11 Å². The van der Waals surface area contributed by atoms with E-state index in [0.29, 0.717) is 18.4 Å². The fraction of sp³-hybridized carbons (Fsp3) is 0.462. The number of hydrogen-bond acceptors (Lipinski definition) is 2. The molecule has 1 saturated carbocycles. The second-order valence-corrected chi connectivity index (χ2v) is 4.64. The van der Waals surface area contributed by atoms with Gasteiger partial charge in [-0.1, -0.05) is 18.2 Å². The van der Waals surface area contributed by atoms with Crippen LogP contribution in [0.1, 0.15) is 24.0 Å². The van der Waals surface area contributed by atoms with Crippen LogP contribution in [-0.2, 0) is 16.4 Å². The smallest absolute Gasteiger partial charge is 0.395 e. The first-order chi connectivity index (χ1) is 8.90. The van der Waals surface area contributed by atoms with Crippen LogP contribution in [0, 0.1) is 0 Å². The summed E-state index contributed by atoms with van der Waals surface area (Å²) in [5.74, 6) is -0.319. The number of halogens is 3. The highest BCUT2D eigenvalue weighted by molar-refractivity contribution is 5.91. The summed E-state index contributed by atoms with van der Waals surface area (Å²) in [7, 11) is 0. The highest BCUT2D eigenvalue weighted by Crippen LogP contribution is 2.49. The molecule has 0 radical (unpaired) electrons. The minimum Gasteiger partial charge on any atom is -0.395 e. The van der Waals surface area contributed by atoms with Gasteiger partial charge < -0.3 is 10.4 Å². The molecule has 104 valence electrons. The third kappa shape index (κ3) is 2.73. The van der Waals surface area contributed by atoms with E-state index in [1.165, 1.54) is 6.07 Å². The maximum atomic E-state index is 12.6. The maximum Gasteiger partial charge on any atom is 0.416 e. The van der Waals surface area contributed by atoms with Crippen molar-refractivity contribution in [3.05, 3.63) is 35.4 Å². The van der Waals surface area contributed by atoms with Gasteiger partial charge in [-0.15, -0.1) is 0 Å². The summed E-state index contributed by atoms with van der Waals surface area (Å²) in [6.45, 7) is -0.0794. The summed E-state index contributed by atoms with van der Waals surface area (Å²) in [5, 5.41) is 11.2. The number of alkyl halides is 3. The normalized spacial score (nSPS) is 17.1. The molecule has 1 amide bonds. The molecule has 1 aromatic carbocycles. The Morgan fingerprint density at radius 2 is 2.05 bits per heavy atom.